The van der Waals surface area contributed by atoms with Crippen LogP contribution in [-0.2, 0) is 0 Å². The Balaban J connectivity index is 2.10. The number of aromatic nitrogens is 1. The Morgan fingerprint density at radius 3 is 2.83 bits per heavy atom. The molecule has 0 aliphatic carbocycles. The number of nitrogens with one attached hydrogen (secondary N) is 1. The molecular weight excluding hydrogens is 230 g/mol. The highest BCUT2D eigenvalue weighted by molar-refractivity contribution is 5.75. The van der Waals surface area contributed by atoms with Crippen molar-refractivity contribution in [3.8, 4) is 0 Å². The van der Waals surface area contributed by atoms with Crippen molar-refractivity contribution in [1.29, 1.82) is 0 Å². The first-order chi connectivity index (χ1) is 8.37. The quantitative estimate of drug-likeness (QED) is 0.834. The van der Waals surface area contributed by atoms with E-state index in [2.05, 4.69) is 10.5 Å². The lowest BCUT2D eigenvalue weighted by Gasteiger charge is -2.28. The predicted molar refractivity (Wildman–Crippen MR) is 68.2 cm³/mol. The van der Waals surface area contributed by atoms with Gasteiger partial charge in [0, 0.05) is 18.2 Å². The Bertz CT molecular complexity index is 434. The molecule has 2 rings (SSSR count). The monoisotopic (exact) mass is 251 g/mol. The van der Waals surface area contributed by atoms with Gasteiger partial charge in [-0.25, -0.2) is 4.79 Å². The lowest BCUT2D eigenvalue weighted by Crippen LogP contribution is -2.48. The topological polar surface area (TPSA) is 58.4 Å². The molecule has 1 atom stereocenters. The number of aryl methyl sites for hydroxylation is 1. The summed E-state index contributed by atoms with van der Waals surface area (Å²) in [5.74, 6) is 0.785. The van der Waals surface area contributed by atoms with Gasteiger partial charge in [-0.2, -0.15) is 0 Å². The summed E-state index contributed by atoms with van der Waals surface area (Å²) in [7, 11) is 0. The van der Waals surface area contributed by atoms with Gasteiger partial charge in [-0.05, 0) is 40.5 Å². The second kappa shape index (κ2) is 4.63. The zero-order valence-electron chi connectivity index (χ0n) is 11.5. The van der Waals surface area contributed by atoms with Crippen molar-refractivity contribution in [2.24, 2.45) is 0 Å². The number of hydrogen-bond donors (Lipinski definition) is 1. The van der Waals surface area contributed by atoms with Crippen LogP contribution in [0.3, 0.4) is 0 Å². The Morgan fingerprint density at radius 1 is 1.56 bits per heavy atom. The molecule has 0 aromatic carbocycles. The maximum Gasteiger partial charge on any atom is 0.318 e. The van der Waals surface area contributed by atoms with Crippen molar-refractivity contribution >= 4 is 6.03 Å². The lowest BCUT2D eigenvalue weighted by molar-refractivity contribution is 0.181. The highest BCUT2D eigenvalue weighted by Crippen LogP contribution is 2.31. The van der Waals surface area contributed by atoms with E-state index in [1.165, 1.54) is 0 Å². The van der Waals surface area contributed by atoms with E-state index in [9.17, 15) is 4.79 Å². The average molecular weight is 251 g/mol. The molecule has 1 N–H and O–H groups in total. The van der Waals surface area contributed by atoms with Crippen LogP contribution in [0.2, 0.25) is 0 Å². The number of nitrogens with zero attached hydrogens (tertiary/aromatic N) is 2. The normalized spacial score (nSPS) is 20.2. The van der Waals surface area contributed by atoms with Crippen LogP contribution < -0.4 is 5.32 Å². The highest BCUT2D eigenvalue weighted by atomic mass is 16.5. The molecule has 1 aliphatic rings. The van der Waals surface area contributed by atoms with Crippen LogP contribution >= 0.6 is 0 Å². The number of amides is 2. The van der Waals surface area contributed by atoms with Crippen molar-refractivity contribution in [2.75, 3.05) is 6.54 Å². The van der Waals surface area contributed by atoms with Gasteiger partial charge in [0.1, 0.15) is 11.5 Å². The van der Waals surface area contributed by atoms with Gasteiger partial charge in [0.05, 0.1) is 6.04 Å². The molecule has 5 nitrogen and oxygen atoms in total. The van der Waals surface area contributed by atoms with E-state index in [-0.39, 0.29) is 17.6 Å². The van der Waals surface area contributed by atoms with E-state index in [1.54, 1.807) is 0 Å². The minimum absolute atomic E-state index is 0.0225. The number of likely N-dealkylation sites (tertiary alicyclic amines) is 1. The minimum atomic E-state index is -0.218. The van der Waals surface area contributed by atoms with E-state index >= 15 is 0 Å². The fourth-order valence-electron chi connectivity index (χ4n) is 2.25. The van der Waals surface area contributed by atoms with Crippen molar-refractivity contribution in [1.82, 2.24) is 15.4 Å². The van der Waals surface area contributed by atoms with Gasteiger partial charge in [-0.1, -0.05) is 5.16 Å². The third-order valence-electron chi connectivity index (χ3n) is 2.98. The van der Waals surface area contributed by atoms with Crippen molar-refractivity contribution in [3.63, 3.8) is 0 Å². The van der Waals surface area contributed by atoms with Gasteiger partial charge in [0.25, 0.3) is 0 Å². The third kappa shape index (κ3) is 2.83. The molecule has 18 heavy (non-hydrogen) atoms. The molecule has 0 radical (unpaired) electrons. The van der Waals surface area contributed by atoms with Crippen LogP contribution in [0.4, 0.5) is 4.79 Å². The highest BCUT2D eigenvalue weighted by Gasteiger charge is 2.33. The Hall–Kier alpha value is -1.52. The maximum absolute atomic E-state index is 12.2. The van der Waals surface area contributed by atoms with E-state index in [4.69, 9.17) is 4.52 Å². The molecule has 2 amide bonds. The molecule has 1 fully saturated rings. The Labute approximate surface area is 108 Å². The SMILES string of the molecule is Cc1cc([C@@H]2CCCN2C(=O)NC(C)(C)C)no1. The van der Waals surface area contributed by atoms with E-state index < -0.39 is 0 Å². The summed E-state index contributed by atoms with van der Waals surface area (Å²) < 4.78 is 5.10. The lowest BCUT2D eigenvalue weighted by atomic mass is 10.1. The van der Waals surface area contributed by atoms with E-state index in [0.29, 0.717) is 0 Å². The fraction of sp³-hybridized carbons (Fsp3) is 0.692. The standard InChI is InChI=1S/C13H21N3O2/c1-9-8-10(15-18-9)11-6-5-7-16(11)12(17)14-13(2,3)4/h8,11H,5-7H2,1-4H3,(H,14,17)/t11-/m0/s1. The smallest absolute Gasteiger partial charge is 0.318 e. The summed E-state index contributed by atoms with van der Waals surface area (Å²) in [5.41, 5.74) is 0.637. The summed E-state index contributed by atoms with van der Waals surface area (Å²) in [4.78, 5) is 14.1. The van der Waals surface area contributed by atoms with Gasteiger partial charge >= 0.3 is 6.03 Å². The van der Waals surface area contributed by atoms with Crippen molar-refractivity contribution in [2.45, 2.75) is 52.1 Å². The van der Waals surface area contributed by atoms with Crippen LogP contribution in [-0.4, -0.2) is 28.2 Å². The Morgan fingerprint density at radius 2 is 2.28 bits per heavy atom. The summed E-state index contributed by atoms with van der Waals surface area (Å²) in [6.07, 6.45) is 1.96. The molecule has 0 bridgehead atoms. The number of hydrogen-bond acceptors (Lipinski definition) is 3. The van der Waals surface area contributed by atoms with E-state index in [0.717, 1.165) is 30.8 Å². The zero-order valence-corrected chi connectivity index (χ0v) is 11.5. The Kier molecular flexibility index (Phi) is 3.32. The number of carbonyl (C=O) groups excluding carboxylic acids is 1. The molecule has 1 aromatic heterocycles. The van der Waals surface area contributed by atoms with Crippen molar-refractivity contribution < 1.29 is 9.32 Å². The molecule has 2 heterocycles. The first-order valence-electron chi connectivity index (χ1n) is 6.39. The third-order valence-corrected chi connectivity index (χ3v) is 2.98. The van der Waals surface area contributed by atoms with Gasteiger partial charge in [0.2, 0.25) is 0 Å². The molecule has 1 aliphatic heterocycles. The second-order valence-electron chi connectivity index (χ2n) is 5.89. The first-order valence-corrected chi connectivity index (χ1v) is 6.39. The van der Waals surface area contributed by atoms with Crippen LogP contribution in [0.15, 0.2) is 10.6 Å². The van der Waals surface area contributed by atoms with Crippen molar-refractivity contribution in [3.05, 3.63) is 17.5 Å². The summed E-state index contributed by atoms with van der Waals surface area (Å²) in [6.45, 7) is 8.59. The molecular formula is C13H21N3O2. The summed E-state index contributed by atoms with van der Waals surface area (Å²) >= 11 is 0. The van der Waals surface area contributed by atoms with Crippen LogP contribution in [0, 0.1) is 6.92 Å². The maximum atomic E-state index is 12.2. The van der Waals surface area contributed by atoms with Crippen LogP contribution in [0.5, 0.6) is 0 Å². The largest absolute Gasteiger partial charge is 0.361 e. The average Bonchev–Trinajstić information content (AvgIpc) is 2.81. The summed E-state index contributed by atoms with van der Waals surface area (Å²) in [6, 6.07) is 1.93. The number of carbonyl (C=O) groups is 1. The fourth-order valence-corrected chi connectivity index (χ4v) is 2.25. The predicted octanol–water partition coefficient (Wildman–Crippen LogP) is 2.63. The molecule has 1 saturated heterocycles. The molecule has 0 spiro atoms. The molecule has 0 unspecified atom stereocenters. The minimum Gasteiger partial charge on any atom is -0.361 e. The summed E-state index contributed by atoms with van der Waals surface area (Å²) in [5, 5.41) is 7.03. The van der Waals surface area contributed by atoms with Gasteiger partial charge in [0.15, 0.2) is 0 Å². The molecule has 0 saturated carbocycles. The van der Waals surface area contributed by atoms with Gasteiger partial charge < -0.3 is 14.7 Å². The second-order valence-corrected chi connectivity index (χ2v) is 5.89. The number of urea groups is 1. The van der Waals surface area contributed by atoms with E-state index in [1.807, 2.05) is 38.7 Å². The van der Waals surface area contributed by atoms with Crippen LogP contribution in [0.25, 0.3) is 0 Å². The zero-order chi connectivity index (χ0) is 13.3. The van der Waals surface area contributed by atoms with Crippen LogP contribution in [0.1, 0.15) is 51.1 Å². The van der Waals surface area contributed by atoms with Gasteiger partial charge in [-0.3, -0.25) is 0 Å². The molecule has 1 aromatic rings. The number of rotatable bonds is 1. The van der Waals surface area contributed by atoms with Gasteiger partial charge in [-0.15, -0.1) is 0 Å². The first kappa shape index (κ1) is 12.9. The molecule has 5 heteroatoms. The molecule has 100 valence electrons.